The van der Waals surface area contributed by atoms with E-state index in [9.17, 15) is 4.79 Å². The molecule has 0 aliphatic heterocycles. The van der Waals surface area contributed by atoms with Gasteiger partial charge in [0.1, 0.15) is 10.8 Å². The lowest BCUT2D eigenvalue weighted by Crippen LogP contribution is -2.14. The Morgan fingerprint density at radius 3 is 2.86 bits per heavy atom. The zero-order chi connectivity index (χ0) is 21.0. The van der Waals surface area contributed by atoms with E-state index in [1.54, 1.807) is 6.07 Å². The van der Waals surface area contributed by atoms with Gasteiger partial charge in [0, 0.05) is 7.05 Å². The number of amides is 1. The summed E-state index contributed by atoms with van der Waals surface area (Å²) < 4.78 is 7.78. The molecule has 1 N–H and O–H groups in total. The van der Waals surface area contributed by atoms with Crippen LogP contribution in [0, 0.1) is 6.92 Å². The van der Waals surface area contributed by atoms with Crippen LogP contribution in [0.3, 0.4) is 0 Å². The number of carbonyl (C=O) groups excluding carboxylic acids is 1. The third-order valence-electron chi connectivity index (χ3n) is 3.97. The van der Waals surface area contributed by atoms with Crippen molar-refractivity contribution in [1.29, 1.82) is 0 Å². The van der Waals surface area contributed by atoms with Crippen molar-refractivity contribution in [2.24, 2.45) is 7.05 Å². The molecular weight excluding hydrogens is 432 g/mol. The summed E-state index contributed by atoms with van der Waals surface area (Å²) in [5.74, 6) is 1.25. The molecular formula is C18H21ClN6O2S2. The third kappa shape index (κ3) is 5.46. The number of hydrogen-bond acceptors (Lipinski definition) is 8. The Labute approximate surface area is 182 Å². The van der Waals surface area contributed by atoms with Crippen molar-refractivity contribution < 1.29 is 9.53 Å². The molecule has 0 aliphatic carbocycles. The molecule has 0 spiro atoms. The average Bonchev–Trinajstić information content (AvgIpc) is 3.29. The van der Waals surface area contributed by atoms with Gasteiger partial charge in [-0.15, -0.1) is 20.4 Å². The Balaban J connectivity index is 1.59. The second kappa shape index (κ2) is 9.55. The maximum atomic E-state index is 12.2. The van der Waals surface area contributed by atoms with Gasteiger partial charge in [0.25, 0.3) is 0 Å². The number of hydrogen-bond donors (Lipinski definition) is 1. The van der Waals surface area contributed by atoms with Crippen molar-refractivity contribution >= 4 is 45.7 Å². The molecule has 11 heteroatoms. The van der Waals surface area contributed by atoms with Crippen LogP contribution in [-0.4, -0.2) is 36.6 Å². The van der Waals surface area contributed by atoms with Crippen LogP contribution in [0.5, 0.6) is 5.75 Å². The molecule has 0 bridgehead atoms. The van der Waals surface area contributed by atoms with Crippen LogP contribution in [0.2, 0.25) is 5.02 Å². The first kappa shape index (κ1) is 21.5. The van der Waals surface area contributed by atoms with E-state index in [4.69, 9.17) is 16.3 Å². The van der Waals surface area contributed by atoms with Gasteiger partial charge in [-0.05, 0) is 38.0 Å². The van der Waals surface area contributed by atoms with Gasteiger partial charge in [0.05, 0.1) is 10.8 Å². The molecule has 2 heterocycles. The van der Waals surface area contributed by atoms with Gasteiger partial charge in [0.2, 0.25) is 11.0 Å². The third-order valence-corrected chi connectivity index (χ3v) is 6.29. The van der Waals surface area contributed by atoms with Crippen LogP contribution in [0.15, 0.2) is 23.4 Å². The number of aromatic nitrogens is 5. The largest absolute Gasteiger partial charge is 0.481 e. The highest BCUT2D eigenvalue weighted by Gasteiger charge is 2.19. The van der Waals surface area contributed by atoms with Gasteiger partial charge < -0.3 is 9.30 Å². The van der Waals surface area contributed by atoms with E-state index in [1.165, 1.54) is 23.1 Å². The molecule has 0 saturated carbocycles. The molecule has 0 saturated heterocycles. The van der Waals surface area contributed by atoms with E-state index in [-0.39, 0.29) is 17.8 Å². The first-order valence-corrected chi connectivity index (χ1v) is 11.1. The number of nitrogens with one attached hydrogen (secondary N) is 1. The first-order valence-electron chi connectivity index (χ1n) is 8.94. The number of halogens is 1. The number of nitrogens with zero attached hydrogens (tertiary/aromatic N) is 5. The Bertz CT molecular complexity index is 1010. The summed E-state index contributed by atoms with van der Waals surface area (Å²) in [7, 11) is 1.84. The fourth-order valence-electron chi connectivity index (χ4n) is 2.48. The van der Waals surface area contributed by atoms with Gasteiger partial charge >= 0.3 is 0 Å². The van der Waals surface area contributed by atoms with Gasteiger partial charge in [-0.3, -0.25) is 10.1 Å². The molecule has 0 aliphatic rings. The van der Waals surface area contributed by atoms with Gasteiger partial charge in [0.15, 0.2) is 17.1 Å². The van der Waals surface area contributed by atoms with Crippen molar-refractivity contribution in [3.63, 3.8) is 0 Å². The maximum Gasteiger partial charge on any atom is 0.236 e. The van der Waals surface area contributed by atoms with Crippen LogP contribution >= 0.6 is 34.7 Å². The van der Waals surface area contributed by atoms with Crippen LogP contribution in [-0.2, 0) is 18.3 Å². The zero-order valence-electron chi connectivity index (χ0n) is 16.5. The van der Waals surface area contributed by atoms with Crippen LogP contribution < -0.4 is 10.1 Å². The molecule has 8 nitrogen and oxygen atoms in total. The molecule has 29 heavy (non-hydrogen) atoms. The number of benzene rings is 1. The minimum Gasteiger partial charge on any atom is -0.481 e. The maximum absolute atomic E-state index is 12.2. The van der Waals surface area contributed by atoms with Crippen LogP contribution in [0.4, 0.5) is 5.13 Å². The summed E-state index contributed by atoms with van der Waals surface area (Å²) in [4.78, 5) is 12.2. The Kier molecular flexibility index (Phi) is 7.09. The summed E-state index contributed by atoms with van der Waals surface area (Å²) in [6, 6.07) is 5.61. The number of aryl methyl sites for hydroxylation is 2. The van der Waals surface area contributed by atoms with Gasteiger partial charge in [-0.1, -0.05) is 47.7 Å². The Hall–Kier alpha value is -2.17. The molecule has 1 unspecified atom stereocenters. The number of thioether (sulfide) groups is 1. The molecule has 3 rings (SSSR count). The van der Waals surface area contributed by atoms with E-state index in [0.29, 0.717) is 26.9 Å². The minimum atomic E-state index is -0.358. The van der Waals surface area contributed by atoms with E-state index in [1.807, 2.05) is 44.5 Å². The zero-order valence-corrected chi connectivity index (χ0v) is 18.9. The predicted molar refractivity (Wildman–Crippen MR) is 115 cm³/mol. The second-order valence-corrected chi connectivity index (χ2v) is 8.70. The van der Waals surface area contributed by atoms with Crippen LogP contribution in [0.1, 0.15) is 36.3 Å². The molecule has 0 fully saturated rings. The molecule has 0 radical (unpaired) electrons. The number of carbonyl (C=O) groups is 1. The van der Waals surface area contributed by atoms with Crippen molar-refractivity contribution in [1.82, 2.24) is 25.0 Å². The molecule has 2 aromatic heterocycles. The molecule has 154 valence electrons. The average molecular weight is 453 g/mol. The van der Waals surface area contributed by atoms with Crippen molar-refractivity contribution in [2.45, 2.75) is 38.5 Å². The SMILES string of the molecule is CCc1nnc(NC(=O)CSc2nnc(C(C)Oc3cc(C)ccc3Cl)n2C)s1. The fourth-order valence-corrected chi connectivity index (χ4v) is 4.06. The monoisotopic (exact) mass is 452 g/mol. The van der Waals surface area contributed by atoms with Crippen LogP contribution in [0.25, 0.3) is 0 Å². The molecule has 1 atom stereocenters. The normalized spacial score (nSPS) is 12.0. The highest BCUT2D eigenvalue weighted by atomic mass is 35.5. The summed E-state index contributed by atoms with van der Waals surface area (Å²) in [5, 5.41) is 21.6. The van der Waals surface area contributed by atoms with E-state index in [2.05, 4.69) is 25.7 Å². The van der Waals surface area contributed by atoms with E-state index >= 15 is 0 Å². The highest BCUT2D eigenvalue weighted by molar-refractivity contribution is 7.99. The van der Waals surface area contributed by atoms with Crippen molar-refractivity contribution in [2.75, 3.05) is 11.1 Å². The molecule has 1 aromatic carbocycles. The topological polar surface area (TPSA) is 94.8 Å². The van der Waals surface area contributed by atoms with Gasteiger partial charge in [-0.25, -0.2) is 0 Å². The smallest absolute Gasteiger partial charge is 0.236 e. The lowest BCUT2D eigenvalue weighted by atomic mass is 10.2. The highest BCUT2D eigenvalue weighted by Crippen LogP contribution is 2.30. The summed E-state index contributed by atoms with van der Waals surface area (Å²) >= 11 is 8.87. The Morgan fingerprint density at radius 2 is 2.14 bits per heavy atom. The number of rotatable bonds is 8. The predicted octanol–water partition coefficient (Wildman–Crippen LogP) is 4.06. The lowest BCUT2D eigenvalue weighted by Gasteiger charge is -2.15. The quantitative estimate of drug-likeness (QED) is 0.515. The summed E-state index contributed by atoms with van der Waals surface area (Å²) in [6.07, 6.45) is 0.432. The van der Waals surface area contributed by atoms with Crippen molar-refractivity contribution in [3.05, 3.63) is 39.6 Å². The van der Waals surface area contributed by atoms with Gasteiger partial charge in [-0.2, -0.15) is 0 Å². The summed E-state index contributed by atoms with van der Waals surface area (Å²) in [5.41, 5.74) is 1.05. The second-order valence-electron chi connectivity index (χ2n) is 6.29. The first-order chi connectivity index (χ1) is 13.9. The van der Waals surface area contributed by atoms with E-state index < -0.39 is 0 Å². The van der Waals surface area contributed by atoms with Crippen molar-refractivity contribution in [3.8, 4) is 5.75 Å². The molecule has 1 amide bonds. The Morgan fingerprint density at radius 1 is 1.34 bits per heavy atom. The number of ether oxygens (including phenoxy) is 1. The number of anilines is 1. The lowest BCUT2D eigenvalue weighted by molar-refractivity contribution is -0.113. The minimum absolute atomic E-state index is 0.172. The van der Waals surface area contributed by atoms with E-state index in [0.717, 1.165) is 17.0 Å². The molecule has 3 aromatic rings. The standard InChI is InChI=1S/C18H21ClN6O2S2/c1-5-15-21-23-17(29-15)20-14(26)9-28-18-24-22-16(25(18)4)11(3)27-13-8-10(2)6-7-12(13)19/h6-8,11H,5,9H2,1-4H3,(H,20,23,26). The fraction of sp³-hybridized carbons (Fsp3) is 0.389. The summed E-state index contributed by atoms with van der Waals surface area (Å²) in [6.45, 7) is 5.84.